The number of hydrogen-bond acceptors (Lipinski definition) is 7. The molecule has 1 atom stereocenters. The Hall–Kier alpha value is -3.64. The summed E-state index contributed by atoms with van der Waals surface area (Å²) in [5.74, 6) is -0.989. The minimum atomic E-state index is -3.14. The highest BCUT2D eigenvalue weighted by molar-refractivity contribution is 5.78. The van der Waals surface area contributed by atoms with E-state index in [1.54, 1.807) is 32.3 Å². The van der Waals surface area contributed by atoms with Gasteiger partial charge in [-0.1, -0.05) is 0 Å². The van der Waals surface area contributed by atoms with Gasteiger partial charge in [-0.25, -0.2) is 13.9 Å². The van der Waals surface area contributed by atoms with E-state index >= 15 is 0 Å². The molecule has 0 fully saturated rings. The first-order valence-corrected chi connectivity index (χ1v) is 9.88. The van der Waals surface area contributed by atoms with Gasteiger partial charge in [0.25, 0.3) is 0 Å². The molecule has 33 heavy (non-hydrogen) atoms. The van der Waals surface area contributed by atoms with Crippen LogP contribution in [0.2, 0.25) is 0 Å². The zero-order valence-electron chi connectivity index (χ0n) is 17.7. The molecule has 1 aromatic carbocycles. The Bertz CT molecular complexity index is 1270. The average Bonchev–Trinajstić information content (AvgIpc) is 3.31. The number of halogens is 3. The number of fused-ring (bicyclic) bond motifs is 1. The van der Waals surface area contributed by atoms with Crippen molar-refractivity contribution in [3.8, 4) is 17.0 Å². The smallest absolute Gasteiger partial charge is 0.387 e. The Morgan fingerprint density at radius 3 is 2.79 bits per heavy atom. The molecule has 3 heterocycles. The molecule has 0 radical (unpaired) electrons. The highest BCUT2D eigenvalue weighted by Gasteiger charge is 2.24. The number of anilines is 1. The van der Waals surface area contributed by atoms with Crippen LogP contribution >= 0.6 is 0 Å². The molecule has 12 heteroatoms. The van der Waals surface area contributed by atoms with E-state index in [-0.39, 0.29) is 29.2 Å². The van der Waals surface area contributed by atoms with Gasteiger partial charge in [-0.2, -0.15) is 19.0 Å². The van der Waals surface area contributed by atoms with Crippen molar-refractivity contribution in [2.75, 3.05) is 5.32 Å². The van der Waals surface area contributed by atoms with Gasteiger partial charge in [0.2, 0.25) is 0 Å². The van der Waals surface area contributed by atoms with Crippen LogP contribution in [-0.4, -0.2) is 46.8 Å². The summed E-state index contributed by atoms with van der Waals surface area (Å²) in [6.07, 6.45) is 4.78. The normalized spacial score (nSPS) is 13.0. The third-order valence-corrected chi connectivity index (χ3v) is 4.62. The highest BCUT2D eigenvalue weighted by atomic mass is 19.3. The van der Waals surface area contributed by atoms with Crippen LogP contribution in [0.4, 0.5) is 18.9 Å². The third kappa shape index (κ3) is 5.07. The summed E-state index contributed by atoms with van der Waals surface area (Å²) < 4.78 is 47.3. The van der Waals surface area contributed by atoms with Crippen LogP contribution in [-0.2, 0) is 6.54 Å². The number of alkyl halides is 2. The maximum atomic E-state index is 14.0. The number of hydrogen-bond donors (Lipinski definition) is 3. The van der Waals surface area contributed by atoms with E-state index in [9.17, 15) is 23.4 Å². The molecule has 9 nitrogen and oxygen atoms in total. The van der Waals surface area contributed by atoms with Crippen LogP contribution in [0.3, 0.4) is 0 Å². The first-order valence-electron chi connectivity index (χ1n) is 9.88. The summed E-state index contributed by atoms with van der Waals surface area (Å²) in [4.78, 5) is 4.19. The summed E-state index contributed by atoms with van der Waals surface area (Å²) in [5, 5.41) is 32.3. The van der Waals surface area contributed by atoms with Crippen molar-refractivity contribution in [1.29, 1.82) is 0 Å². The number of ether oxygens (including phenoxy) is 1. The average molecular weight is 462 g/mol. The monoisotopic (exact) mass is 462 g/mol. The van der Waals surface area contributed by atoms with Gasteiger partial charge in [-0.15, -0.1) is 0 Å². The van der Waals surface area contributed by atoms with Crippen molar-refractivity contribution < 1.29 is 28.1 Å². The van der Waals surface area contributed by atoms with Gasteiger partial charge in [0.15, 0.2) is 11.9 Å². The lowest BCUT2D eigenvalue weighted by Gasteiger charge is -2.16. The van der Waals surface area contributed by atoms with Crippen LogP contribution in [0.15, 0.2) is 49.1 Å². The molecule has 0 amide bonds. The SMILES string of the molecule is CC(C)(O)Cn1cc(NC(O)c2cnn3cccnc23)c(-c2cc(F)ccc2OC(F)F)n1. The Labute approximate surface area is 186 Å². The largest absolute Gasteiger partial charge is 0.434 e. The fourth-order valence-electron chi connectivity index (χ4n) is 3.35. The van der Waals surface area contributed by atoms with E-state index in [0.29, 0.717) is 11.2 Å². The molecule has 1 unspecified atom stereocenters. The fraction of sp³-hybridized carbons (Fsp3) is 0.286. The Morgan fingerprint density at radius 2 is 2.06 bits per heavy atom. The van der Waals surface area contributed by atoms with Crippen molar-refractivity contribution in [3.05, 3.63) is 60.4 Å². The third-order valence-electron chi connectivity index (χ3n) is 4.62. The molecule has 4 aromatic rings. The first kappa shape index (κ1) is 22.6. The topological polar surface area (TPSA) is 110 Å². The first-order chi connectivity index (χ1) is 15.6. The number of nitrogens with one attached hydrogen (secondary N) is 1. The van der Waals surface area contributed by atoms with Crippen LogP contribution in [0.5, 0.6) is 5.75 Å². The van der Waals surface area contributed by atoms with Crippen molar-refractivity contribution in [3.63, 3.8) is 0 Å². The van der Waals surface area contributed by atoms with E-state index < -0.39 is 24.3 Å². The summed E-state index contributed by atoms with van der Waals surface area (Å²) in [6, 6.07) is 4.74. The molecule has 0 saturated heterocycles. The minimum Gasteiger partial charge on any atom is -0.434 e. The lowest BCUT2D eigenvalue weighted by atomic mass is 10.1. The van der Waals surface area contributed by atoms with E-state index in [0.717, 1.165) is 18.2 Å². The lowest BCUT2D eigenvalue weighted by molar-refractivity contribution is -0.0495. The van der Waals surface area contributed by atoms with E-state index in [2.05, 4.69) is 25.2 Å². The summed E-state index contributed by atoms with van der Waals surface area (Å²) >= 11 is 0. The molecule has 0 spiro atoms. The van der Waals surface area contributed by atoms with Crippen molar-refractivity contribution in [2.45, 2.75) is 38.8 Å². The maximum Gasteiger partial charge on any atom is 0.387 e. The molecule has 0 aliphatic rings. The standard InChI is InChI=1S/C21H21F3N6O3/c1-21(2,32)11-29-10-15(27-19(31)14-9-26-30-7-3-6-25-18(14)30)17(28-29)13-8-12(22)4-5-16(13)33-20(23)24/h3-10,19-20,27,31-32H,11H2,1-2H3. The number of nitrogens with zero attached hydrogens (tertiary/aromatic N) is 5. The molecular weight excluding hydrogens is 441 g/mol. The van der Waals surface area contributed by atoms with Gasteiger partial charge in [0, 0.05) is 24.2 Å². The predicted octanol–water partition coefficient (Wildman–Crippen LogP) is 3.21. The minimum absolute atomic E-state index is 0.0381. The summed E-state index contributed by atoms with van der Waals surface area (Å²) in [6.45, 7) is 0.0267. The second-order valence-corrected chi connectivity index (χ2v) is 7.96. The van der Waals surface area contributed by atoms with E-state index in [1.807, 2.05) is 0 Å². The molecule has 4 rings (SSSR count). The Morgan fingerprint density at radius 1 is 1.27 bits per heavy atom. The fourth-order valence-corrected chi connectivity index (χ4v) is 3.35. The van der Waals surface area contributed by atoms with Gasteiger partial charge in [-0.3, -0.25) is 4.68 Å². The molecule has 0 saturated carbocycles. The number of aliphatic hydroxyl groups is 2. The molecule has 3 N–H and O–H groups in total. The number of benzene rings is 1. The number of rotatable bonds is 8. The van der Waals surface area contributed by atoms with Crippen LogP contribution in [0.25, 0.3) is 16.9 Å². The zero-order chi connectivity index (χ0) is 23.8. The molecule has 0 aliphatic carbocycles. The van der Waals surface area contributed by atoms with Gasteiger partial charge >= 0.3 is 6.61 Å². The Kier molecular flexibility index (Phi) is 5.95. The zero-order valence-corrected chi connectivity index (χ0v) is 17.7. The van der Waals surface area contributed by atoms with Crippen molar-refractivity contribution in [1.82, 2.24) is 24.4 Å². The molecule has 3 aromatic heterocycles. The maximum absolute atomic E-state index is 14.0. The lowest BCUT2D eigenvalue weighted by Crippen LogP contribution is -2.26. The van der Waals surface area contributed by atoms with Crippen LogP contribution < -0.4 is 10.1 Å². The molecule has 174 valence electrons. The number of aromatic nitrogens is 5. The molecule has 0 bridgehead atoms. The second kappa shape index (κ2) is 8.71. The van der Waals surface area contributed by atoms with E-state index in [4.69, 9.17) is 0 Å². The van der Waals surface area contributed by atoms with Crippen LogP contribution in [0, 0.1) is 5.82 Å². The summed E-state index contributed by atoms with van der Waals surface area (Å²) in [7, 11) is 0. The Balaban J connectivity index is 1.77. The predicted molar refractivity (Wildman–Crippen MR) is 112 cm³/mol. The van der Waals surface area contributed by atoms with Gasteiger partial charge in [0.1, 0.15) is 17.3 Å². The van der Waals surface area contributed by atoms with Crippen molar-refractivity contribution >= 4 is 11.3 Å². The van der Waals surface area contributed by atoms with Gasteiger partial charge in [0.05, 0.1) is 29.6 Å². The molecular formula is C21H21F3N6O3. The molecule has 0 aliphatic heterocycles. The quantitative estimate of drug-likeness (QED) is 0.345. The van der Waals surface area contributed by atoms with Gasteiger partial charge in [-0.05, 0) is 38.1 Å². The highest BCUT2D eigenvalue weighted by Crippen LogP contribution is 2.37. The van der Waals surface area contributed by atoms with Crippen molar-refractivity contribution in [2.24, 2.45) is 0 Å². The van der Waals surface area contributed by atoms with Gasteiger partial charge < -0.3 is 20.3 Å². The van der Waals surface area contributed by atoms with Crippen LogP contribution in [0.1, 0.15) is 25.6 Å². The second-order valence-electron chi connectivity index (χ2n) is 7.96. The summed E-state index contributed by atoms with van der Waals surface area (Å²) in [5.41, 5.74) is -0.243. The number of aliphatic hydroxyl groups excluding tert-OH is 1. The van der Waals surface area contributed by atoms with E-state index in [1.165, 1.54) is 21.6 Å².